The molecule has 0 aromatic heterocycles. The smallest absolute Gasteiger partial charge is 0.316 e. The maximum absolute atomic E-state index is 4.83. The first kappa shape index (κ1) is 68.1. The Hall–Kier alpha value is 1.69. The highest BCUT2D eigenvalue weighted by Crippen LogP contribution is 2.29. The monoisotopic (exact) mass is 286 g/mol. The van der Waals surface area contributed by atoms with E-state index in [0.717, 1.165) is 0 Å². The fourth-order valence-electron chi connectivity index (χ4n) is 0. The van der Waals surface area contributed by atoms with Gasteiger partial charge < -0.3 is 32.9 Å². The fraction of sp³-hybridized carbons (Fsp3) is 1.00. The van der Waals surface area contributed by atoms with E-state index in [1.54, 1.807) is 0 Å². The number of rotatable bonds is 0. The average Bonchev–Trinajstić information content (AvgIpc) is 0.722. The lowest BCUT2D eigenvalue weighted by Gasteiger charge is -1.91. The Morgan fingerprint density at radius 2 is 0.500 bits per heavy atom. The van der Waals surface area contributed by atoms with Crippen molar-refractivity contribution in [2.45, 2.75) is 3.25 Å². The van der Waals surface area contributed by atoms with Crippen LogP contribution in [0.5, 0.6) is 0 Å². The summed E-state index contributed by atoms with van der Waals surface area (Å²) < 4.78 is -1.61. The molecule has 12 heavy (non-hydrogen) atoms. The van der Waals surface area contributed by atoms with Crippen LogP contribution >= 0.6 is 46.4 Å². The normalized spacial score (nSPS) is 5.00. The molecule has 0 fully saturated rings. The Kier molecular flexibility index (Phi) is 166. The molecule has 0 saturated carbocycles. The second-order valence-corrected chi connectivity index (χ2v) is 3.86. The third-order valence-electron chi connectivity index (χ3n) is 0. The van der Waals surface area contributed by atoms with E-state index in [2.05, 4.69) is 0 Å². The number of hydrogen-bond acceptors (Lipinski definition) is 0. The number of alkyl halides is 4. The van der Waals surface area contributed by atoms with Crippen molar-refractivity contribution in [1.29, 1.82) is 0 Å². The van der Waals surface area contributed by atoms with Gasteiger partial charge in [-0.25, -0.2) is 0 Å². The molecular formula is CH14Cl4MgO6. The van der Waals surface area contributed by atoms with Crippen LogP contribution in [-0.2, 0) is 0 Å². The van der Waals surface area contributed by atoms with Gasteiger partial charge in [-0.05, 0) is 0 Å². The van der Waals surface area contributed by atoms with E-state index in [1.165, 1.54) is 0 Å². The summed E-state index contributed by atoms with van der Waals surface area (Å²) in [6, 6.07) is 0. The lowest BCUT2D eigenvalue weighted by Crippen LogP contribution is -1.81. The van der Waals surface area contributed by atoms with Crippen LogP contribution in [-0.4, -0.2) is 59.2 Å². The molecule has 0 aliphatic heterocycles. The van der Waals surface area contributed by atoms with E-state index < -0.39 is 3.25 Å². The molecule has 0 radical (unpaired) electrons. The van der Waals surface area contributed by atoms with Crippen LogP contribution in [0.3, 0.4) is 0 Å². The summed E-state index contributed by atoms with van der Waals surface area (Å²) >= 11 is 19.3. The first-order valence-corrected chi connectivity index (χ1v) is 2.27. The molecule has 0 saturated heterocycles. The summed E-state index contributed by atoms with van der Waals surface area (Å²) in [6.07, 6.45) is 0. The topological polar surface area (TPSA) is 189 Å². The van der Waals surface area contributed by atoms with E-state index >= 15 is 0 Å². The van der Waals surface area contributed by atoms with Crippen molar-refractivity contribution in [2.75, 3.05) is 0 Å². The van der Waals surface area contributed by atoms with E-state index in [0.29, 0.717) is 0 Å². The van der Waals surface area contributed by atoms with Gasteiger partial charge in [-0.1, -0.05) is 46.4 Å². The van der Waals surface area contributed by atoms with E-state index in [9.17, 15) is 0 Å². The lowest BCUT2D eigenvalue weighted by atomic mass is 11.8. The molecule has 6 nitrogen and oxygen atoms in total. The Morgan fingerprint density at radius 1 is 0.500 bits per heavy atom. The Morgan fingerprint density at radius 3 is 0.500 bits per heavy atom. The van der Waals surface area contributed by atoms with Crippen LogP contribution in [0.1, 0.15) is 0 Å². The largest absolute Gasteiger partial charge is 0.412 e. The first-order chi connectivity index (χ1) is 2.00. The van der Waals surface area contributed by atoms with E-state index in [1.807, 2.05) is 0 Å². The van der Waals surface area contributed by atoms with Crippen molar-refractivity contribution >= 4 is 69.5 Å². The highest BCUT2D eigenvalue weighted by molar-refractivity contribution is 6.83. The molecule has 0 atom stereocenters. The summed E-state index contributed by atoms with van der Waals surface area (Å²) in [6.45, 7) is 0. The minimum absolute atomic E-state index is 0. The minimum atomic E-state index is -1.61. The molecule has 0 aromatic rings. The summed E-state index contributed by atoms with van der Waals surface area (Å²) in [4.78, 5) is 0. The molecule has 0 unspecified atom stereocenters. The van der Waals surface area contributed by atoms with Gasteiger partial charge in [0.15, 0.2) is 0 Å². The molecule has 0 aromatic carbocycles. The van der Waals surface area contributed by atoms with Gasteiger partial charge in [-0.3, -0.25) is 0 Å². The third kappa shape index (κ3) is 469. The van der Waals surface area contributed by atoms with Gasteiger partial charge in [0.25, 0.3) is 3.25 Å². The maximum Gasteiger partial charge on any atom is 0.316 e. The zero-order valence-electron chi connectivity index (χ0n) is 5.01. The molecule has 0 rings (SSSR count). The number of hydrogen-bond donors (Lipinski definition) is 0. The molecule has 0 aliphatic rings. The zero-order chi connectivity index (χ0) is 4.50. The van der Waals surface area contributed by atoms with Crippen LogP contribution < -0.4 is 0 Å². The number of halogens is 4. The fourth-order valence-corrected chi connectivity index (χ4v) is 0. The molecular weight excluding hydrogens is 274 g/mol. The van der Waals surface area contributed by atoms with Gasteiger partial charge in [0.2, 0.25) is 0 Å². The molecule has 0 amide bonds. The van der Waals surface area contributed by atoms with E-state index in [4.69, 9.17) is 46.4 Å². The van der Waals surface area contributed by atoms with Gasteiger partial charge in [-0.2, -0.15) is 0 Å². The second-order valence-electron chi connectivity index (χ2n) is 0.429. The summed E-state index contributed by atoms with van der Waals surface area (Å²) in [5.41, 5.74) is 0. The van der Waals surface area contributed by atoms with Crippen molar-refractivity contribution in [2.24, 2.45) is 0 Å². The predicted octanol–water partition coefficient (Wildman–Crippen LogP) is -3.31. The highest BCUT2D eigenvalue weighted by atomic mass is 35.6. The second kappa shape index (κ2) is 29.3. The van der Waals surface area contributed by atoms with E-state index in [-0.39, 0.29) is 55.9 Å². The van der Waals surface area contributed by atoms with Crippen LogP contribution in [0.15, 0.2) is 0 Å². The van der Waals surface area contributed by atoms with Crippen LogP contribution in [0.4, 0.5) is 0 Å². The molecule has 0 bridgehead atoms. The Bertz CT molecular complexity index is 35.0. The van der Waals surface area contributed by atoms with Crippen LogP contribution in [0.2, 0.25) is 0 Å². The SMILES string of the molecule is ClC(Cl)(Cl)Cl.O.O.O.O.O.O.[MgH2]. The maximum atomic E-state index is 4.83. The summed E-state index contributed by atoms with van der Waals surface area (Å²) in [5, 5.41) is 0. The van der Waals surface area contributed by atoms with Gasteiger partial charge in [0, 0.05) is 0 Å². The summed E-state index contributed by atoms with van der Waals surface area (Å²) in [7, 11) is 0. The van der Waals surface area contributed by atoms with Gasteiger partial charge in [0.1, 0.15) is 0 Å². The minimum Gasteiger partial charge on any atom is -0.412 e. The van der Waals surface area contributed by atoms with Crippen molar-refractivity contribution in [1.82, 2.24) is 0 Å². The molecule has 11 heteroatoms. The quantitative estimate of drug-likeness (QED) is 0.319. The van der Waals surface area contributed by atoms with Gasteiger partial charge in [0.05, 0.1) is 0 Å². The first-order valence-electron chi connectivity index (χ1n) is 0.756. The molecule has 0 heterocycles. The van der Waals surface area contributed by atoms with Crippen molar-refractivity contribution in [3.63, 3.8) is 0 Å². The lowest BCUT2D eigenvalue weighted by molar-refractivity contribution is 0.823. The van der Waals surface area contributed by atoms with Crippen LogP contribution in [0.25, 0.3) is 0 Å². The zero-order valence-corrected chi connectivity index (χ0v) is 8.04. The van der Waals surface area contributed by atoms with Gasteiger partial charge in [-0.15, -0.1) is 0 Å². The highest BCUT2D eigenvalue weighted by Gasteiger charge is 2.11. The molecule has 12 N–H and O–H groups in total. The third-order valence-corrected chi connectivity index (χ3v) is 0. The van der Waals surface area contributed by atoms with Crippen LogP contribution in [0, 0.1) is 0 Å². The van der Waals surface area contributed by atoms with Gasteiger partial charge >= 0.3 is 23.1 Å². The average molecular weight is 288 g/mol. The summed E-state index contributed by atoms with van der Waals surface area (Å²) in [5.74, 6) is 0. The Balaban J connectivity index is -0.00000000381. The molecule has 84 valence electrons. The standard InChI is InChI=1S/CCl4.Mg.6H2O.2H/c2-1(3,4)5;;;;;;;;;/h;;6*1H2;;. The molecule has 0 aliphatic carbocycles. The molecule has 0 spiro atoms. The van der Waals surface area contributed by atoms with Crippen molar-refractivity contribution in [3.05, 3.63) is 0 Å². The Labute approximate surface area is 105 Å². The van der Waals surface area contributed by atoms with Crippen molar-refractivity contribution < 1.29 is 32.9 Å². The van der Waals surface area contributed by atoms with Crippen molar-refractivity contribution in [3.8, 4) is 0 Å². The predicted molar refractivity (Wildman–Crippen MR) is 56.4 cm³/mol.